The topological polar surface area (TPSA) is 96.3 Å². The highest BCUT2D eigenvalue weighted by Gasteiger charge is 2.17. The number of aromatic nitrogens is 1. The van der Waals surface area contributed by atoms with Crippen LogP contribution in [0.3, 0.4) is 0 Å². The summed E-state index contributed by atoms with van der Waals surface area (Å²) in [6.45, 7) is 5.72. The molecule has 2 amide bonds. The van der Waals surface area contributed by atoms with E-state index in [1.165, 1.54) is 6.92 Å². The minimum atomic E-state index is -0.336. The van der Waals surface area contributed by atoms with Crippen LogP contribution < -0.4 is 16.0 Å². The lowest BCUT2D eigenvalue weighted by Crippen LogP contribution is -2.39. The molecule has 0 bridgehead atoms. The van der Waals surface area contributed by atoms with Gasteiger partial charge in [-0.1, -0.05) is 24.2 Å². The fourth-order valence-electron chi connectivity index (χ4n) is 2.21. The summed E-state index contributed by atoms with van der Waals surface area (Å²) in [6.07, 6.45) is 0.645. The van der Waals surface area contributed by atoms with Gasteiger partial charge in [0.1, 0.15) is 5.76 Å². The molecule has 2 aromatic rings. The Morgan fingerprint density at radius 1 is 1.21 bits per heavy atom. The Labute approximate surface area is 140 Å². The van der Waals surface area contributed by atoms with Crippen molar-refractivity contribution in [2.75, 3.05) is 10.6 Å². The number of aryl methyl sites for hydroxylation is 1. The summed E-state index contributed by atoms with van der Waals surface area (Å²) in [4.78, 5) is 23.2. The zero-order chi connectivity index (χ0) is 17.5. The highest BCUT2D eigenvalue weighted by Crippen LogP contribution is 2.11. The lowest BCUT2D eigenvalue weighted by molar-refractivity contribution is -0.118. The summed E-state index contributed by atoms with van der Waals surface area (Å²) < 4.78 is 4.93. The predicted molar refractivity (Wildman–Crippen MR) is 91.5 cm³/mol. The normalized spacial score (nSPS) is 11.8. The van der Waals surface area contributed by atoms with E-state index in [-0.39, 0.29) is 17.9 Å². The summed E-state index contributed by atoms with van der Waals surface area (Å²) in [5, 5.41) is 12.4. The van der Waals surface area contributed by atoms with E-state index in [4.69, 9.17) is 4.52 Å². The third kappa shape index (κ3) is 5.20. The summed E-state index contributed by atoms with van der Waals surface area (Å²) in [5.74, 6) is 0.801. The number of hydrogen-bond donors (Lipinski definition) is 3. The van der Waals surface area contributed by atoms with Gasteiger partial charge in [-0.15, -0.1) is 0 Å². The van der Waals surface area contributed by atoms with Crippen LogP contribution in [0.15, 0.2) is 34.9 Å². The third-order valence-corrected chi connectivity index (χ3v) is 3.43. The van der Waals surface area contributed by atoms with Gasteiger partial charge in [0.15, 0.2) is 5.82 Å². The van der Waals surface area contributed by atoms with Crippen molar-refractivity contribution in [1.82, 2.24) is 10.5 Å². The smallest absolute Gasteiger partial charge is 0.242 e. The number of nitrogens with one attached hydrogen (secondary N) is 3. The second-order valence-electron chi connectivity index (χ2n) is 5.53. The molecule has 1 aromatic carbocycles. The molecule has 0 fully saturated rings. The molecule has 0 radical (unpaired) electrons. The molecule has 1 heterocycles. The molecule has 7 heteroatoms. The van der Waals surface area contributed by atoms with Gasteiger partial charge in [0.05, 0.1) is 6.04 Å². The molecule has 7 nitrogen and oxygen atoms in total. The number of carbonyl (C=O) groups is 2. The Kier molecular flexibility index (Phi) is 6.08. The first kappa shape index (κ1) is 17.7. The molecule has 0 saturated heterocycles. The Balaban J connectivity index is 1.88. The monoisotopic (exact) mass is 330 g/mol. The fraction of sp³-hybridized carbons (Fsp3) is 0.353. The molecule has 0 aliphatic rings. The number of carbonyl (C=O) groups excluding carboxylic acids is 2. The summed E-state index contributed by atoms with van der Waals surface area (Å²) in [7, 11) is 0. The molecule has 1 aromatic heterocycles. The lowest BCUT2D eigenvalue weighted by Gasteiger charge is -2.16. The fourth-order valence-corrected chi connectivity index (χ4v) is 2.21. The maximum atomic E-state index is 12.2. The van der Waals surface area contributed by atoms with Crippen molar-refractivity contribution >= 4 is 23.3 Å². The van der Waals surface area contributed by atoms with Crippen molar-refractivity contribution in [3.8, 4) is 0 Å². The van der Waals surface area contributed by atoms with E-state index in [1.807, 2.05) is 31.2 Å². The number of anilines is 2. The van der Waals surface area contributed by atoms with Crippen molar-refractivity contribution < 1.29 is 14.1 Å². The van der Waals surface area contributed by atoms with Gasteiger partial charge in [0.25, 0.3) is 0 Å². The van der Waals surface area contributed by atoms with Gasteiger partial charge >= 0.3 is 0 Å². The first-order valence-corrected chi connectivity index (χ1v) is 7.82. The number of amides is 2. The quantitative estimate of drug-likeness (QED) is 0.724. The SMILES string of the molecule is CCC(NCc1ccc(NC(C)=O)cc1)C(=O)Nc1cc(C)on1. The number of benzene rings is 1. The van der Waals surface area contributed by atoms with E-state index in [1.54, 1.807) is 13.0 Å². The van der Waals surface area contributed by atoms with Crippen LogP contribution >= 0.6 is 0 Å². The van der Waals surface area contributed by atoms with E-state index < -0.39 is 0 Å². The predicted octanol–water partition coefficient (Wildman–Crippen LogP) is 2.45. The molecular formula is C17H22N4O3. The van der Waals surface area contributed by atoms with Gasteiger partial charge in [0.2, 0.25) is 11.8 Å². The van der Waals surface area contributed by atoms with E-state index in [0.717, 1.165) is 11.3 Å². The molecule has 0 aliphatic heterocycles. The Morgan fingerprint density at radius 3 is 2.46 bits per heavy atom. The second-order valence-corrected chi connectivity index (χ2v) is 5.53. The van der Waals surface area contributed by atoms with Crippen LogP contribution in [0, 0.1) is 6.92 Å². The highest BCUT2D eigenvalue weighted by atomic mass is 16.5. The molecule has 24 heavy (non-hydrogen) atoms. The molecule has 1 unspecified atom stereocenters. The molecule has 128 valence electrons. The van der Waals surface area contributed by atoms with Crippen LogP contribution in [0.25, 0.3) is 0 Å². The van der Waals surface area contributed by atoms with Gasteiger partial charge in [-0.05, 0) is 31.0 Å². The largest absolute Gasteiger partial charge is 0.360 e. The van der Waals surface area contributed by atoms with Crippen molar-refractivity contribution in [3.63, 3.8) is 0 Å². The van der Waals surface area contributed by atoms with E-state index in [9.17, 15) is 9.59 Å². The Hall–Kier alpha value is -2.67. The van der Waals surface area contributed by atoms with Crippen molar-refractivity contribution in [2.24, 2.45) is 0 Å². The number of rotatable bonds is 7. The van der Waals surface area contributed by atoms with E-state index >= 15 is 0 Å². The van der Waals surface area contributed by atoms with Crippen LogP contribution in [0.2, 0.25) is 0 Å². The summed E-state index contributed by atoms with van der Waals surface area (Å²) >= 11 is 0. The first-order chi connectivity index (χ1) is 11.5. The maximum Gasteiger partial charge on any atom is 0.242 e. The van der Waals surface area contributed by atoms with Crippen LogP contribution in [0.1, 0.15) is 31.6 Å². The van der Waals surface area contributed by atoms with Crippen LogP contribution in [0.4, 0.5) is 11.5 Å². The number of hydrogen-bond acceptors (Lipinski definition) is 5. The average Bonchev–Trinajstić information content (AvgIpc) is 2.94. The second kappa shape index (κ2) is 8.26. The van der Waals surface area contributed by atoms with Gasteiger partial charge < -0.3 is 20.5 Å². The zero-order valence-corrected chi connectivity index (χ0v) is 14.1. The standard InChI is InChI=1S/C17H22N4O3/c1-4-15(17(23)20-16-9-11(2)24-21-16)18-10-13-5-7-14(8-6-13)19-12(3)22/h5-9,15,18H,4,10H2,1-3H3,(H,19,22)(H,20,21,23). The zero-order valence-electron chi connectivity index (χ0n) is 14.1. The summed E-state index contributed by atoms with van der Waals surface area (Å²) in [6, 6.07) is 8.81. The van der Waals surface area contributed by atoms with E-state index in [2.05, 4.69) is 21.1 Å². The minimum Gasteiger partial charge on any atom is -0.360 e. The average molecular weight is 330 g/mol. The van der Waals surface area contributed by atoms with Crippen molar-refractivity contribution in [2.45, 2.75) is 39.8 Å². The van der Waals surface area contributed by atoms with Crippen LogP contribution in [-0.4, -0.2) is 23.0 Å². The highest BCUT2D eigenvalue weighted by molar-refractivity contribution is 5.94. The van der Waals surface area contributed by atoms with Crippen molar-refractivity contribution in [3.05, 3.63) is 41.7 Å². The van der Waals surface area contributed by atoms with Gasteiger partial charge in [-0.25, -0.2) is 0 Å². The third-order valence-electron chi connectivity index (χ3n) is 3.43. The lowest BCUT2D eigenvalue weighted by atomic mass is 10.1. The maximum absolute atomic E-state index is 12.2. The molecule has 0 saturated carbocycles. The van der Waals surface area contributed by atoms with Gasteiger partial charge in [-0.3, -0.25) is 9.59 Å². The van der Waals surface area contributed by atoms with Gasteiger partial charge in [0, 0.05) is 25.2 Å². The van der Waals surface area contributed by atoms with Crippen molar-refractivity contribution in [1.29, 1.82) is 0 Å². The molecule has 0 aliphatic carbocycles. The van der Waals surface area contributed by atoms with Crippen LogP contribution in [-0.2, 0) is 16.1 Å². The summed E-state index contributed by atoms with van der Waals surface area (Å²) in [5.41, 5.74) is 1.77. The molecule has 2 rings (SSSR count). The molecule has 0 spiro atoms. The number of nitrogens with zero attached hydrogens (tertiary/aromatic N) is 1. The Bertz CT molecular complexity index is 694. The van der Waals surface area contributed by atoms with Crippen LogP contribution in [0.5, 0.6) is 0 Å². The van der Waals surface area contributed by atoms with E-state index in [0.29, 0.717) is 24.5 Å². The van der Waals surface area contributed by atoms with Gasteiger partial charge in [-0.2, -0.15) is 0 Å². The Morgan fingerprint density at radius 2 is 1.92 bits per heavy atom. The first-order valence-electron chi connectivity index (χ1n) is 7.82. The molecule has 1 atom stereocenters. The molecule has 3 N–H and O–H groups in total. The molecular weight excluding hydrogens is 308 g/mol. The minimum absolute atomic E-state index is 0.105.